The molecule has 2 rings (SSSR count). The van der Waals surface area contributed by atoms with Crippen LogP contribution in [0.4, 0.5) is 5.82 Å². The van der Waals surface area contributed by atoms with Crippen LogP contribution in [0, 0.1) is 17.8 Å². The van der Waals surface area contributed by atoms with Gasteiger partial charge in [-0.2, -0.15) is 4.98 Å². The minimum Gasteiger partial charge on any atom is -0.383 e. The van der Waals surface area contributed by atoms with Crippen molar-refractivity contribution in [1.82, 2.24) is 9.97 Å². The van der Waals surface area contributed by atoms with Crippen molar-refractivity contribution in [3.8, 4) is 0 Å². The van der Waals surface area contributed by atoms with E-state index in [9.17, 15) is 4.79 Å². The number of nitrogen functional groups attached to an aromatic ring is 1. The van der Waals surface area contributed by atoms with Gasteiger partial charge in [0, 0.05) is 17.7 Å². The first-order chi connectivity index (χ1) is 8.47. The molecule has 3 atom stereocenters. The van der Waals surface area contributed by atoms with Crippen LogP contribution in [-0.4, -0.2) is 9.97 Å². The van der Waals surface area contributed by atoms with Crippen LogP contribution < -0.4 is 11.4 Å². The fourth-order valence-electron chi connectivity index (χ4n) is 3.26. The summed E-state index contributed by atoms with van der Waals surface area (Å²) in [5, 5.41) is 0. The number of nitrogens with one attached hydrogen (secondary N) is 1. The molecule has 18 heavy (non-hydrogen) atoms. The molecule has 1 aliphatic rings. The van der Waals surface area contributed by atoms with Gasteiger partial charge in [0.2, 0.25) is 0 Å². The summed E-state index contributed by atoms with van der Waals surface area (Å²) in [5.74, 6) is 2.70. The summed E-state index contributed by atoms with van der Waals surface area (Å²) >= 11 is 0. The van der Waals surface area contributed by atoms with E-state index in [2.05, 4.69) is 30.7 Å². The molecule has 1 saturated carbocycles. The van der Waals surface area contributed by atoms with E-state index in [1.807, 2.05) is 6.07 Å². The van der Waals surface area contributed by atoms with Gasteiger partial charge in [-0.25, -0.2) is 4.79 Å². The number of aromatic nitrogens is 2. The number of H-pyrrole nitrogens is 1. The Balaban J connectivity index is 2.34. The van der Waals surface area contributed by atoms with Crippen LogP contribution in [-0.2, 0) is 0 Å². The van der Waals surface area contributed by atoms with Gasteiger partial charge in [-0.1, -0.05) is 27.2 Å². The first kappa shape index (κ1) is 13.1. The zero-order chi connectivity index (χ0) is 13.3. The molecule has 100 valence electrons. The maximum absolute atomic E-state index is 11.5. The molecule has 1 aliphatic carbocycles. The van der Waals surface area contributed by atoms with Gasteiger partial charge in [-0.15, -0.1) is 0 Å². The quantitative estimate of drug-likeness (QED) is 0.846. The van der Waals surface area contributed by atoms with E-state index in [-0.39, 0.29) is 5.69 Å². The average Bonchev–Trinajstić information content (AvgIpc) is 2.27. The number of anilines is 1. The maximum Gasteiger partial charge on any atom is 0.347 e. The Morgan fingerprint density at radius 2 is 2.17 bits per heavy atom. The fraction of sp³-hybridized carbons (Fsp3) is 0.714. The average molecular weight is 249 g/mol. The Morgan fingerprint density at radius 3 is 2.78 bits per heavy atom. The monoisotopic (exact) mass is 249 g/mol. The van der Waals surface area contributed by atoms with Crippen molar-refractivity contribution in [2.24, 2.45) is 17.8 Å². The highest BCUT2D eigenvalue weighted by Crippen LogP contribution is 2.43. The van der Waals surface area contributed by atoms with Gasteiger partial charge < -0.3 is 10.7 Å². The Morgan fingerprint density at radius 1 is 1.44 bits per heavy atom. The molecule has 0 bridgehead atoms. The first-order valence-corrected chi connectivity index (χ1v) is 6.84. The second-order valence-corrected chi connectivity index (χ2v) is 6.00. The third-order valence-electron chi connectivity index (χ3n) is 4.21. The lowest BCUT2D eigenvalue weighted by Crippen LogP contribution is -2.28. The largest absolute Gasteiger partial charge is 0.383 e. The van der Waals surface area contributed by atoms with E-state index in [0.29, 0.717) is 29.5 Å². The van der Waals surface area contributed by atoms with Crippen molar-refractivity contribution in [3.05, 3.63) is 22.2 Å². The summed E-state index contributed by atoms with van der Waals surface area (Å²) in [7, 11) is 0. The smallest absolute Gasteiger partial charge is 0.347 e. The topological polar surface area (TPSA) is 71.8 Å². The lowest BCUT2D eigenvalue weighted by Gasteiger charge is -2.37. The standard InChI is InChI=1S/C14H23N3O/c1-8(2)10-5-4-9(3)6-11(10)12-7-13(15)17-14(18)16-12/h7-11H,4-6H2,1-3H3,(H3,15,16,17,18). The minimum atomic E-state index is -0.328. The van der Waals surface area contributed by atoms with Crippen LogP contribution in [0.2, 0.25) is 0 Å². The molecule has 1 heterocycles. The van der Waals surface area contributed by atoms with Crippen molar-refractivity contribution in [2.45, 2.75) is 46.0 Å². The number of nitrogens with two attached hydrogens (primary N) is 1. The second-order valence-electron chi connectivity index (χ2n) is 6.00. The zero-order valence-corrected chi connectivity index (χ0v) is 11.4. The Bertz CT molecular complexity index is 466. The highest BCUT2D eigenvalue weighted by Gasteiger charge is 2.32. The predicted molar refractivity (Wildman–Crippen MR) is 73.4 cm³/mol. The van der Waals surface area contributed by atoms with Crippen LogP contribution in [0.3, 0.4) is 0 Å². The second kappa shape index (κ2) is 5.12. The molecule has 4 nitrogen and oxygen atoms in total. The van der Waals surface area contributed by atoms with E-state index in [0.717, 1.165) is 12.1 Å². The summed E-state index contributed by atoms with van der Waals surface area (Å²) in [6.07, 6.45) is 3.64. The van der Waals surface area contributed by atoms with Crippen LogP contribution in [0.15, 0.2) is 10.9 Å². The summed E-state index contributed by atoms with van der Waals surface area (Å²) < 4.78 is 0. The molecule has 1 aromatic rings. The van der Waals surface area contributed by atoms with E-state index in [1.54, 1.807) is 0 Å². The van der Waals surface area contributed by atoms with Crippen LogP contribution >= 0.6 is 0 Å². The molecule has 3 N–H and O–H groups in total. The van der Waals surface area contributed by atoms with Gasteiger partial charge in [0.15, 0.2) is 0 Å². The highest BCUT2D eigenvalue weighted by atomic mass is 16.1. The van der Waals surface area contributed by atoms with Crippen molar-refractivity contribution >= 4 is 5.82 Å². The van der Waals surface area contributed by atoms with Gasteiger partial charge in [0.1, 0.15) is 5.82 Å². The number of hydrogen-bond donors (Lipinski definition) is 2. The first-order valence-electron chi connectivity index (χ1n) is 6.84. The summed E-state index contributed by atoms with van der Waals surface area (Å²) in [4.78, 5) is 18.0. The summed E-state index contributed by atoms with van der Waals surface area (Å²) in [6.45, 7) is 6.80. The Hall–Kier alpha value is -1.32. The molecular formula is C14H23N3O. The van der Waals surface area contributed by atoms with E-state index >= 15 is 0 Å². The van der Waals surface area contributed by atoms with Gasteiger partial charge >= 0.3 is 5.69 Å². The third-order valence-corrected chi connectivity index (χ3v) is 4.21. The Labute approximate surface area is 108 Å². The molecule has 4 heteroatoms. The van der Waals surface area contributed by atoms with Crippen LogP contribution in [0.25, 0.3) is 0 Å². The third kappa shape index (κ3) is 2.74. The molecule has 0 aliphatic heterocycles. The predicted octanol–water partition coefficient (Wildman–Crippen LogP) is 2.53. The fourth-order valence-corrected chi connectivity index (χ4v) is 3.26. The number of hydrogen-bond acceptors (Lipinski definition) is 3. The molecule has 0 aromatic carbocycles. The van der Waals surface area contributed by atoms with Gasteiger partial charge in [0.25, 0.3) is 0 Å². The summed E-state index contributed by atoms with van der Waals surface area (Å²) in [6, 6.07) is 1.83. The SMILES string of the molecule is CC1CCC(C(C)C)C(c2cc(N)nc(=O)[nH]2)C1. The molecule has 0 saturated heterocycles. The molecule has 0 amide bonds. The van der Waals surface area contributed by atoms with Gasteiger partial charge in [-0.05, 0) is 30.6 Å². The van der Waals surface area contributed by atoms with Crippen molar-refractivity contribution < 1.29 is 0 Å². The lowest BCUT2D eigenvalue weighted by molar-refractivity contribution is 0.194. The molecule has 1 aromatic heterocycles. The van der Waals surface area contributed by atoms with Crippen LogP contribution in [0.1, 0.15) is 51.6 Å². The van der Waals surface area contributed by atoms with Gasteiger partial charge in [0.05, 0.1) is 0 Å². The van der Waals surface area contributed by atoms with E-state index < -0.39 is 0 Å². The summed E-state index contributed by atoms with van der Waals surface area (Å²) in [5.41, 5.74) is 6.33. The molecule has 0 spiro atoms. The molecule has 3 unspecified atom stereocenters. The van der Waals surface area contributed by atoms with Crippen molar-refractivity contribution in [1.29, 1.82) is 0 Å². The minimum absolute atomic E-state index is 0.328. The molecule has 1 fully saturated rings. The normalized spacial score (nSPS) is 28.6. The van der Waals surface area contributed by atoms with Crippen molar-refractivity contribution in [2.75, 3.05) is 5.73 Å². The number of rotatable bonds is 2. The van der Waals surface area contributed by atoms with E-state index in [1.165, 1.54) is 12.8 Å². The maximum atomic E-state index is 11.5. The molecule has 0 radical (unpaired) electrons. The highest BCUT2D eigenvalue weighted by molar-refractivity contribution is 5.30. The van der Waals surface area contributed by atoms with Crippen LogP contribution in [0.5, 0.6) is 0 Å². The van der Waals surface area contributed by atoms with Gasteiger partial charge in [-0.3, -0.25) is 0 Å². The molecular weight excluding hydrogens is 226 g/mol. The Kier molecular flexibility index (Phi) is 3.73. The number of nitrogens with zero attached hydrogens (tertiary/aromatic N) is 1. The van der Waals surface area contributed by atoms with E-state index in [4.69, 9.17) is 5.73 Å². The lowest BCUT2D eigenvalue weighted by atomic mass is 9.69. The zero-order valence-electron chi connectivity index (χ0n) is 11.4. The number of aromatic amines is 1. The van der Waals surface area contributed by atoms with Crippen molar-refractivity contribution in [3.63, 3.8) is 0 Å².